The molecule has 2 heterocycles. The number of likely N-dealkylation sites (N-methyl/N-ethyl adjacent to an activating group) is 1. The first kappa shape index (κ1) is 24.5. The van der Waals surface area contributed by atoms with E-state index in [1.165, 1.54) is 0 Å². The van der Waals surface area contributed by atoms with E-state index in [0.29, 0.717) is 0 Å². The zero-order chi connectivity index (χ0) is 13.7. The number of hydrogen-bond acceptors (Lipinski definition) is 4. The summed E-state index contributed by atoms with van der Waals surface area (Å²) in [5.41, 5.74) is -0.208. The summed E-state index contributed by atoms with van der Waals surface area (Å²) in [7, 11) is 2.16. The Morgan fingerprint density at radius 1 is 1.18 bits per heavy atom. The molecule has 2 N–H and O–H groups in total. The van der Waals surface area contributed by atoms with Gasteiger partial charge in [-0.05, 0) is 33.4 Å². The van der Waals surface area contributed by atoms with Gasteiger partial charge < -0.3 is 15.5 Å². The molecule has 1 atom stereocenters. The molecule has 22 heavy (non-hydrogen) atoms. The first-order valence-corrected chi connectivity index (χ1v) is 7.50. The van der Waals surface area contributed by atoms with Gasteiger partial charge in [0.05, 0.1) is 5.41 Å². The minimum atomic E-state index is -0.208. The van der Waals surface area contributed by atoms with Crippen molar-refractivity contribution in [3.8, 4) is 0 Å². The van der Waals surface area contributed by atoms with E-state index >= 15 is 0 Å². The standard InChI is InChI=1S/C14H28N4O.3ClH/c1-14(4-3-5-15-12-14)13(19)16-6-7-18-10-8-17(2)9-11-18;;;/h15H,3-12H2,1-2H3,(H,16,19);3*1H. The maximum Gasteiger partial charge on any atom is 0.227 e. The Bertz CT molecular complexity index is 306. The van der Waals surface area contributed by atoms with Gasteiger partial charge in [0.2, 0.25) is 5.91 Å². The minimum Gasteiger partial charge on any atom is -0.354 e. The summed E-state index contributed by atoms with van der Waals surface area (Å²) >= 11 is 0. The lowest BCUT2D eigenvalue weighted by molar-refractivity contribution is -0.131. The molecular weight excluding hydrogens is 347 g/mol. The molecule has 0 aromatic carbocycles. The number of halogens is 3. The molecule has 0 saturated carbocycles. The van der Waals surface area contributed by atoms with Crippen molar-refractivity contribution in [2.75, 3.05) is 59.4 Å². The third kappa shape index (κ3) is 7.20. The SMILES string of the molecule is CN1CCN(CCNC(=O)C2(C)CCCNC2)CC1.Cl.Cl.Cl. The summed E-state index contributed by atoms with van der Waals surface area (Å²) < 4.78 is 0. The van der Waals surface area contributed by atoms with Gasteiger partial charge in [0.15, 0.2) is 0 Å². The monoisotopic (exact) mass is 376 g/mol. The van der Waals surface area contributed by atoms with E-state index in [1.807, 2.05) is 0 Å². The van der Waals surface area contributed by atoms with E-state index in [4.69, 9.17) is 0 Å². The number of hydrogen-bond donors (Lipinski definition) is 2. The van der Waals surface area contributed by atoms with Gasteiger partial charge in [-0.2, -0.15) is 0 Å². The van der Waals surface area contributed by atoms with Gasteiger partial charge in [-0.1, -0.05) is 0 Å². The molecule has 2 aliphatic rings. The molecule has 0 aliphatic carbocycles. The second-order valence-electron chi connectivity index (χ2n) is 6.24. The zero-order valence-electron chi connectivity index (χ0n) is 13.6. The second-order valence-corrected chi connectivity index (χ2v) is 6.24. The van der Waals surface area contributed by atoms with Crippen LogP contribution in [0.15, 0.2) is 0 Å². The Morgan fingerprint density at radius 3 is 2.36 bits per heavy atom. The van der Waals surface area contributed by atoms with Crippen LogP contribution in [0.3, 0.4) is 0 Å². The minimum absolute atomic E-state index is 0. The lowest BCUT2D eigenvalue weighted by Crippen LogP contribution is -2.51. The molecule has 134 valence electrons. The van der Waals surface area contributed by atoms with Crippen LogP contribution in [0.5, 0.6) is 0 Å². The van der Waals surface area contributed by atoms with Crippen molar-refractivity contribution >= 4 is 43.1 Å². The maximum absolute atomic E-state index is 12.2. The zero-order valence-corrected chi connectivity index (χ0v) is 16.0. The lowest BCUT2D eigenvalue weighted by Gasteiger charge is -2.34. The highest BCUT2D eigenvalue weighted by molar-refractivity contribution is 5.86. The maximum atomic E-state index is 12.2. The van der Waals surface area contributed by atoms with Crippen LogP contribution in [-0.2, 0) is 4.79 Å². The molecule has 0 radical (unpaired) electrons. The van der Waals surface area contributed by atoms with Crippen LogP contribution < -0.4 is 10.6 Å². The Kier molecular flexibility index (Phi) is 13.0. The van der Waals surface area contributed by atoms with E-state index in [1.54, 1.807) is 0 Å². The van der Waals surface area contributed by atoms with Crippen molar-refractivity contribution in [1.82, 2.24) is 20.4 Å². The molecule has 5 nitrogen and oxygen atoms in total. The van der Waals surface area contributed by atoms with Crippen molar-refractivity contribution in [3.63, 3.8) is 0 Å². The molecule has 0 aromatic rings. The molecule has 0 aromatic heterocycles. The number of nitrogens with one attached hydrogen (secondary N) is 2. The summed E-state index contributed by atoms with van der Waals surface area (Å²) in [6, 6.07) is 0. The van der Waals surface area contributed by atoms with E-state index < -0.39 is 0 Å². The summed E-state index contributed by atoms with van der Waals surface area (Å²) in [5, 5.41) is 6.44. The number of piperidine rings is 1. The van der Waals surface area contributed by atoms with Gasteiger partial charge in [0.1, 0.15) is 0 Å². The lowest BCUT2D eigenvalue weighted by atomic mass is 9.82. The predicted molar refractivity (Wildman–Crippen MR) is 98.9 cm³/mol. The van der Waals surface area contributed by atoms with Crippen molar-refractivity contribution in [2.45, 2.75) is 19.8 Å². The molecule has 1 amide bonds. The Balaban J connectivity index is 0. The largest absolute Gasteiger partial charge is 0.354 e. The number of amides is 1. The Labute approximate surface area is 153 Å². The number of nitrogens with zero attached hydrogens (tertiary/aromatic N) is 2. The second kappa shape index (κ2) is 11.7. The van der Waals surface area contributed by atoms with Gasteiger partial charge in [-0.25, -0.2) is 0 Å². The van der Waals surface area contributed by atoms with Crippen molar-refractivity contribution in [3.05, 3.63) is 0 Å². The van der Waals surface area contributed by atoms with Crippen LogP contribution in [0, 0.1) is 5.41 Å². The van der Waals surface area contributed by atoms with E-state index in [2.05, 4.69) is 34.4 Å². The molecule has 8 heteroatoms. The van der Waals surface area contributed by atoms with Gasteiger partial charge >= 0.3 is 0 Å². The van der Waals surface area contributed by atoms with Crippen LogP contribution in [-0.4, -0.2) is 75.1 Å². The molecule has 0 spiro atoms. The molecule has 0 bridgehead atoms. The van der Waals surface area contributed by atoms with E-state index in [9.17, 15) is 4.79 Å². The summed E-state index contributed by atoms with van der Waals surface area (Å²) in [4.78, 5) is 17.0. The molecule has 2 rings (SSSR count). The van der Waals surface area contributed by atoms with Crippen LogP contribution in [0.25, 0.3) is 0 Å². The van der Waals surface area contributed by atoms with Gasteiger partial charge in [0, 0.05) is 45.8 Å². The van der Waals surface area contributed by atoms with Gasteiger partial charge in [0.25, 0.3) is 0 Å². The first-order valence-electron chi connectivity index (χ1n) is 7.50. The summed E-state index contributed by atoms with van der Waals surface area (Å²) in [5.74, 6) is 0.217. The normalized spacial score (nSPS) is 26.1. The molecule has 2 fully saturated rings. The number of rotatable bonds is 4. The third-order valence-corrected chi connectivity index (χ3v) is 4.45. The van der Waals surface area contributed by atoms with Crippen LogP contribution in [0.4, 0.5) is 0 Å². The Hall–Kier alpha value is 0.220. The predicted octanol–water partition coefficient (Wildman–Crippen LogP) is 1.01. The fourth-order valence-corrected chi connectivity index (χ4v) is 2.86. The van der Waals surface area contributed by atoms with Gasteiger partial charge in [-0.15, -0.1) is 37.2 Å². The summed E-state index contributed by atoms with van der Waals surface area (Å²) in [6.07, 6.45) is 2.10. The third-order valence-electron chi connectivity index (χ3n) is 4.45. The molecular formula is C14H31Cl3N4O. The quantitative estimate of drug-likeness (QED) is 0.767. The van der Waals surface area contributed by atoms with Crippen molar-refractivity contribution in [2.24, 2.45) is 5.41 Å². The highest BCUT2D eigenvalue weighted by Crippen LogP contribution is 2.25. The molecule has 1 unspecified atom stereocenters. The Morgan fingerprint density at radius 2 is 1.82 bits per heavy atom. The van der Waals surface area contributed by atoms with Crippen LogP contribution >= 0.6 is 37.2 Å². The highest BCUT2D eigenvalue weighted by atomic mass is 35.5. The van der Waals surface area contributed by atoms with E-state index in [0.717, 1.165) is 65.2 Å². The molecule has 2 saturated heterocycles. The van der Waals surface area contributed by atoms with Crippen molar-refractivity contribution in [1.29, 1.82) is 0 Å². The topological polar surface area (TPSA) is 47.6 Å². The average molecular weight is 378 g/mol. The van der Waals surface area contributed by atoms with Crippen LogP contribution in [0.2, 0.25) is 0 Å². The number of carbonyl (C=O) groups is 1. The molecule has 2 aliphatic heterocycles. The smallest absolute Gasteiger partial charge is 0.227 e. The average Bonchev–Trinajstić information content (AvgIpc) is 2.42. The van der Waals surface area contributed by atoms with Crippen LogP contribution in [0.1, 0.15) is 19.8 Å². The van der Waals surface area contributed by atoms with E-state index in [-0.39, 0.29) is 48.5 Å². The number of carbonyl (C=O) groups excluding carboxylic acids is 1. The van der Waals surface area contributed by atoms with Gasteiger partial charge in [-0.3, -0.25) is 9.69 Å². The van der Waals surface area contributed by atoms with Crippen molar-refractivity contribution < 1.29 is 4.79 Å². The number of piperazine rings is 1. The first-order chi connectivity index (χ1) is 9.10. The fourth-order valence-electron chi connectivity index (χ4n) is 2.86. The summed E-state index contributed by atoms with van der Waals surface area (Å²) in [6.45, 7) is 10.2. The fraction of sp³-hybridized carbons (Fsp3) is 0.929. The highest BCUT2D eigenvalue weighted by Gasteiger charge is 2.34.